The molecule has 0 saturated carbocycles. The number of anilines is 1. The summed E-state index contributed by atoms with van der Waals surface area (Å²) in [6, 6.07) is 18.8. The highest BCUT2D eigenvalue weighted by Crippen LogP contribution is 2.36. The molecule has 0 fully saturated rings. The number of hydrogen-bond donors (Lipinski definition) is 3. The van der Waals surface area contributed by atoms with Crippen molar-refractivity contribution in [3.05, 3.63) is 83.7 Å². The fourth-order valence-corrected chi connectivity index (χ4v) is 5.60. The molecule has 0 aliphatic heterocycles. The van der Waals surface area contributed by atoms with E-state index in [1.807, 2.05) is 6.07 Å². The van der Waals surface area contributed by atoms with E-state index >= 15 is 0 Å². The number of aromatic nitrogens is 1. The summed E-state index contributed by atoms with van der Waals surface area (Å²) in [6.45, 7) is 2.95. The Kier molecular flexibility index (Phi) is 6.74. The maximum absolute atomic E-state index is 12.5. The fraction of sp³-hybridized carbons (Fsp3) is 0.0833. The van der Waals surface area contributed by atoms with Crippen LogP contribution in [-0.2, 0) is 14.9 Å². The minimum atomic E-state index is -4.40. The molecule has 4 aromatic rings. The van der Waals surface area contributed by atoms with E-state index in [0.29, 0.717) is 37.7 Å². The van der Waals surface area contributed by atoms with Gasteiger partial charge in [-0.3, -0.25) is 9.35 Å². The lowest BCUT2D eigenvalue weighted by Gasteiger charge is -2.05. The molecule has 178 valence electrons. The van der Waals surface area contributed by atoms with E-state index in [4.69, 9.17) is 0 Å². The Labute approximate surface area is 205 Å². The zero-order valence-corrected chi connectivity index (χ0v) is 20.3. The molecule has 4 rings (SSSR count). The molecule has 0 unspecified atom stereocenters. The zero-order valence-electron chi connectivity index (χ0n) is 18.6. The third-order valence-electron chi connectivity index (χ3n) is 4.94. The summed E-state index contributed by atoms with van der Waals surface area (Å²) >= 11 is 1.15. The molecule has 0 aliphatic rings. The van der Waals surface area contributed by atoms with Crippen molar-refractivity contribution in [2.45, 2.75) is 18.7 Å². The largest absolute Gasteiger partial charge is 0.510 e. The standard InChI is InChI=1S/C24H20N4O5S2/c1-14-8-13-19-21(22(14)35(31,32)33)34-24(26-19)16-9-11-18(12-10-16)27-28-20(15(2)29)23(30)25-17-6-4-3-5-7-17/h3-13,29H,1-2H3,(H,25,30)(H,31,32,33). The van der Waals surface area contributed by atoms with Gasteiger partial charge in [-0.25, -0.2) is 4.98 Å². The predicted molar refractivity (Wildman–Crippen MR) is 135 cm³/mol. The van der Waals surface area contributed by atoms with Crippen molar-refractivity contribution >= 4 is 49.0 Å². The smallest absolute Gasteiger partial charge is 0.296 e. The molecular formula is C24H20N4O5S2. The highest BCUT2D eigenvalue weighted by atomic mass is 32.2. The quantitative estimate of drug-likeness (QED) is 0.126. The Morgan fingerprint density at radius 1 is 1.03 bits per heavy atom. The van der Waals surface area contributed by atoms with Gasteiger partial charge in [-0.15, -0.1) is 16.5 Å². The number of azo groups is 1. The number of nitrogens with zero attached hydrogens (tertiary/aromatic N) is 3. The van der Waals surface area contributed by atoms with Crippen LogP contribution in [0.2, 0.25) is 0 Å². The molecular weight excluding hydrogens is 488 g/mol. The van der Waals surface area contributed by atoms with Gasteiger partial charge in [0.25, 0.3) is 16.0 Å². The van der Waals surface area contributed by atoms with Crippen molar-refractivity contribution in [2.75, 3.05) is 5.32 Å². The molecule has 0 saturated heterocycles. The number of carbonyl (C=O) groups excluding carboxylic acids is 1. The third-order valence-corrected chi connectivity index (χ3v) is 7.25. The first-order valence-electron chi connectivity index (χ1n) is 10.3. The van der Waals surface area contributed by atoms with Crippen LogP contribution in [-0.4, -0.2) is 29.0 Å². The van der Waals surface area contributed by atoms with Crippen molar-refractivity contribution in [2.24, 2.45) is 10.2 Å². The number of carbonyl (C=O) groups is 1. The molecule has 1 amide bonds. The number of aryl methyl sites for hydroxylation is 1. The zero-order chi connectivity index (χ0) is 25.2. The summed E-state index contributed by atoms with van der Waals surface area (Å²) in [5, 5.41) is 21.1. The fourth-order valence-electron chi connectivity index (χ4n) is 3.28. The van der Waals surface area contributed by atoms with Crippen molar-refractivity contribution in [1.82, 2.24) is 4.98 Å². The van der Waals surface area contributed by atoms with Crippen LogP contribution in [0, 0.1) is 6.92 Å². The van der Waals surface area contributed by atoms with Gasteiger partial charge < -0.3 is 10.4 Å². The first-order valence-corrected chi connectivity index (χ1v) is 12.5. The van der Waals surface area contributed by atoms with Gasteiger partial charge in [-0.05, 0) is 61.9 Å². The number of allylic oxidation sites excluding steroid dienone is 1. The van der Waals surface area contributed by atoms with E-state index in [-0.39, 0.29) is 16.4 Å². The highest BCUT2D eigenvalue weighted by Gasteiger charge is 2.20. The maximum Gasteiger partial charge on any atom is 0.296 e. The minimum absolute atomic E-state index is 0.142. The minimum Gasteiger partial charge on any atom is -0.510 e. The number of nitrogens with one attached hydrogen (secondary N) is 1. The number of fused-ring (bicyclic) bond motifs is 1. The number of rotatable bonds is 6. The molecule has 0 radical (unpaired) electrons. The van der Waals surface area contributed by atoms with E-state index in [1.165, 1.54) is 6.92 Å². The van der Waals surface area contributed by atoms with Gasteiger partial charge in [0.15, 0.2) is 5.70 Å². The summed E-state index contributed by atoms with van der Waals surface area (Å²) in [5.41, 5.74) is 2.36. The second kappa shape index (κ2) is 9.74. The Balaban J connectivity index is 1.57. The normalized spacial score (nSPS) is 12.7. The van der Waals surface area contributed by atoms with E-state index in [2.05, 4.69) is 20.5 Å². The number of aliphatic hydroxyl groups is 1. The average molecular weight is 509 g/mol. The molecule has 0 bridgehead atoms. The summed E-state index contributed by atoms with van der Waals surface area (Å²) in [5.74, 6) is -0.880. The van der Waals surface area contributed by atoms with Crippen LogP contribution in [0.3, 0.4) is 0 Å². The van der Waals surface area contributed by atoms with Gasteiger partial charge in [0, 0.05) is 11.3 Å². The highest BCUT2D eigenvalue weighted by molar-refractivity contribution is 7.86. The number of benzene rings is 3. The summed E-state index contributed by atoms with van der Waals surface area (Å²) in [4.78, 5) is 16.8. The van der Waals surface area contributed by atoms with Crippen LogP contribution < -0.4 is 5.32 Å². The molecule has 3 N–H and O–H groups in total. The van der Waals surface area contributed by atoms with E-state index in [1.54, 1.807) is 67.6 Å². The molecule has 0 atom stereocenters. The molecule has 3 aromatic carbocycles. The van der Waals surface area contributed by atoms with E-state index in [0.717, 1.165) is 11.3 Å². The molecule has 9 nitrogen and oxygen atoms in total. The second-order valence-corrected chi connectivity index (χ2v) is 9.91. The van der Waals surface area contributed by atoms with Crippen molar-refractivity contribution < 1.29 is 22.9 Å². The summed E-state index contributed by atoms with van der Waals surface area (Å²) < 4.78 is 33.7. The number of aliphatic hydroxyl groups excluding tert-OH is 1. The number of hydrogen-bond acceptors (Lipinski definition) is 8. The van der Waals surface area contributed by atoms with Crippen LogP contribution in [0.4, 0.5) is 11.4 Å². The van der Waals surface area contributed by atoms with Gasteiger partial charge in [0.1, 0.15) is 15.7 Å². The SMILES string of the molecule is CC(O)=C(N=Nc1ccc(-c2nc3ccc(C)c(S(=O)(=O)O)c3s2)cc1)C(=O)Nc1ccccc1. The topological polar surface area (TPSA) is 141 Å². The Morgan fingerprint density at radius 3 is 2.34 bits per heavy atom. The van der Waals surface area contributed by atoms with Gasteiger partial charge >= 0.3 is 0 Å². The lowest BCUT2D eigenvalue weighted by Crippen LogP contribution is -2.14. The van der Waals surface area contributed by atoms with Crippen LogP contribution >= 0.6 is 11.3 Å². The molecule has 35 heavy (non-hydrogen) atoms. The Hall–Kier alpha value is -3.93. The Morgan fingerprint density at radius 2 is 1.71 bits per heavy atom. The third kappa shape index (κ3) is 5.43. The van der Waals surface area contributed by atoms with Crippen molar-refractivity contribution in [1.29, 1.82) is 0 Å². The summed E-state index contributed by atoms with van der Waals surface area (Å²) in [6.07, 6.45) is 0. The predicted octanol–water partition coefficient (Wildman–Crippen LogP) is 6.03. The van der Waals surface area contributed by atoms with Crippen LogP contribution in [0.5, 0.6) is 0 Å². The van der Waals surface area contributed by atoms with E-state index < -0.39 is 16.0 Å². The first kappa shape index (κ1) is 24.2. The summed E-state index contributed by atoms with van der Waals surface area (Å²) in [7, 11) is -4.40. The van der Waals surface area contributed by atoms with Crippen LogP contribution in [0.1, 0.15) is 12.5 Å². The molecule has 11 heteroatoms. The second-order valence-electron chi connectivity index (χ2n) is 7.55. The molecule has 1 aromatic heterocycles. The maximum atomic E-state index is 12.5. The number of para-hydroxylation sites is 1. The lowest BCUT2D eigenvalue weighted by atomic mass is 10.2. The molecule has 0 aliphatic carbocycles. The average Bonchev–Trinajstić information content (AvgIpc) is 3.23. The van der Waals surface area contributed by atoms with Gasteiger partial charge in [0.05, 0.1) is 15.9 Å². The first-order chi connectivity index (χ1) is 16.6. The number of thiazole rings is 1. The van der Waals surface area contributed by atoms with E-state index in [9.17, 15) is 22.9 Å². The Bertz CT molecular complexity index is 1570. The lowest BCUT2D eigenvalue weighted by molar-refractivity contribution is -0.113. The van der Waals surface area contributed by atoms with Gasteiger partial charge in [0.2, 0.25) is 0 Å². The monoisotopic (exact) mass is 508 g/mol. The van der Waals surface area contributed by atoms with Crippen LogP contribution in [0.25, 0.3) is 20.8 Å². The molecule has 1 heterocycles. The molecule has 0 spiro atoms. The van der Waals surface area contributed by atoms with Crippen LogP contribution in [0.15, 0.2) is 93.3 Å². The van der Waals surface area contributed by atoms with Crippen molar-refractivity contribution in [3.8, 4) is 10.6 Å². The van der Waals surface area contributed by atoms with Crippen molar-refractivity contribution in [3.63, 3.8) is 0 Å². The van der Waals surface area contributed by atoms with Gasteiger partial charge in [-0.2, -0.15) is 13.5 Å². The number of amides is 1. The van der Waals surface area contributed by atoms with Gasteiger partial charge in [-0.1, -0.05) is 24.3 Å².